The SMILES string of the molecule is COCC(C)C(=O)N1C[C@@H](C(=O)O)[C@H](c2ccc(Cl)cc2)C1. The summed E-state index contributed by atoms with van der Waals surface area (Å²) in [6.45, 7) is 2.76. The molecule has 120 valence electrons. The molecule has 1 fully saturated rings. The average molecular weight is 326 g/mol. The molecule has 1 unspecified atom stereocenters. The Bertz CT molecular complexity index is 546. The quantitative estimate of drug-likeness (QED) is 0.901. The van der Waals surface area contributed by atoms with Crippen molar-refractivity contribution in [1.82, 2.24) is 4.90 Å². The molecule has 6 heteroatoms. The Hall–Kier alpha value is -1.59. The predicted octanol–water partition coefficient (Wildman–Crippen LogP) is 2.25. The van der Waals surface area contributed by atoms with Gasteiger partial charge in [-0.2, -0.15) is 0 Å². The van der Waals surface area contributed by atoms with E-state index in [9.17, 15) is 14.7 Å². The highest BCUT2D eigenvalue weighted by Crippen LogP contribution is 2.34. The molecule has 1 heterocycles. The first-order valence-corrected chi connectivity index (χ1v) is 7.57. The van der Waals surface area contributed by atoms with E-state index in [1.807, 2.05) is 12.1 Å². The summed E-state index contributed by atoms with van der Waals surface area (Å²) in [5.74, 6) is -2.03. The van der Waals surface area contributed by atoms with Crippen LogP contribution in [0.4, 0.5) is 0 Å². The second-order valence-corrected chi connectivity index (χ2v) is 6.14. The summed E-state index contributed by atoms with van der Waals surface area (Å²) in [7, 11) is 1.55. The minimum atomic E-state index is -0.880. The first-order valence-electron chi connectivity index (χ1n) is 7.20. The van der Waals surface area contributed by atoms with Crippen LogP contribution in [0.5, 0.6) is 0 Å². The number of carbonyl (C=O) groups excluding carboxylic acids is 1. The Balaban J connectivity index is 2.18. The number of benzene rings is 1. The fraction of sp³-hybridized carbons (Fsp3) is 0.500. The second kappa shape index (κ2) is 7.11. The van der Waals surface area contributed by atoms with Crippen molar-refractivity contribution in [2.24, 2.45) is 11.8 Å². The lowest BCUT2D eigenvalue weighted by Crippen LogP contribution is -2.35. The Kier molecular flexibility index (Phi) is 5.42. The van der Waals surface area contributed by atoms with E-state index in [4.69, 9.17) is 16.3 Å². The van der Waals surface area contributed by atoms with Gasteiger partial charge in [0, 0.05) is 31.1 Å². The molecule has 0 radical (unpaired) electrons. The number of likely N-dealkylation sites (tertiary alicyclic amines) is 1. The fourth-order valence-electron chi connectivity index (χ4n) is 2.91. The topological polar surface area (TPSA) is 66.8 Å². The summed E-state index contributed by atoms with van der Waals surface area (Å²) in [4.78, 5) is 25.5. The van der Waals surface area contributed by atoms with Crippen molar-refractivity contribution in [3.05, 3.63) is 34.9 Å². The van der Waals surface area contributed by atoms with Gasteiger partial charge in [-0.3, -0.25) is 9.59 Å². The van der Waals surface area contributed by atoms with E-state index in [2.05, 4.69) is 0 Å². The Morgan fingerprint density at radius 3 is 2.55 bits per heavy atom. The van der Waals surface area contributed by atoms with Crippen LogP contribution in [0.2, 0.25) is 5.02 Å². The van der Waals surface area contributed by atoms with Gasteiger partial charge in [-0.1, -0.05) is 30.7 Å². The smallest absolute Gasteiger partial charge is 0.308 e. The standard InChI is InChI=1S/C16H20ClNO4/c1-10(9-22-2)15(19)18-7-13(14(8-18)16(20)21)11-3-5-12(17)6-4-11/h3-6,10,13-14H,7-9H2,1-2H3,(H,20,21)/t10?,13-,14+/m0/s1. The first kappa shape index (κ1) is 16.8. The molecule has 1 aromatic carbocycles. The van der Waals surface area contributed by atoms with Gasteiger partial charge in [0.25, 0.3) is 0 Å². The number of methoxy groups -OCH3 is 1. The summed E-state index contributed by atoms with van der Waals surface area (Å²) in [5, 5.41) is 10.1. The summed E-state index contributed by atoms with van der Waals surface area (Å²) < 4.78 is 5.00. The summed E-state index contributed by atoms with van der Waals surface area (Å²) in [6, 6.07) is 7.15. The number of amides is 1. The van der Waals surface area contributed by atoms with Crippen LogP contribution in [0.1, 0.15) is 18.4 Å². The normalized spacial score (nSPS) is 22.6. The Morgan fingerprint density at radius 2 is 2.00 bits per heavy atom. The van der Waals surface area contributed by atoms with Crippen molar-refractivity contribution < 1.29 is 19.4 Å². The van der Waals surface area contributed by atoms with E-state index in [-0.39, 0.29) is 24.3 Å². The average Bonchev–Trinajstić information content (AvgIpc) is 2.93. The molecule has 0 spiro atoms. The zero-order valence-corrected chi connectivity index (χ0v) is 13.4. The lowest BCUT2D eigenvalue weighted by Gasteiger charge is -2.20. The molecule has 22 heavy (non-hydrogen) atoms. The maximum Gasteiger partial charge on any atom is 0.308 e. The molecule has 1 aliphatic heterocycles. The molecule has 1 aromatic rings. The number of carbonyl (C=O) groups is 2. The van der Waals surface area contributed by atoms with Crippen LogP contribution in [-0.2, 0) is 14.3 Å². The molecule has 0 bridgehead atoms. The largest absolute Gasteiger partial charge is 0.481 e. The molecule has 5 nitrogen and oxygen atoms in total. The number of hydrogen-bond acceptors (Lipinski definition) is 3. The molecule has 2 rings (SSSR count). The molecule has 3 atom stereocenters. The van der Waals surface area contributed by atoms with E-state index >= 15 is 0 Å². The van der Waals surface area contributed by atoms with Crippen LogP contribution in [0.15, 0.2) is 24.3 Å². The molecule has 1 N–H and O–H groups in total. The van der Waals surface area contributed by atoms with Gasteiger partial charge < -0.3 is 14.7 Å². The van der Waals surface area contributed by atoms with Crippen molar-refractivity contribution >= 4 is 23.5 Å². The van der Waals surface area contributed by atoms with E-state index in [1.165, 1.54) is 0 Å². The summed E-state index contributed by atoms with van der Waals surface area (Å²) in [6.07, 6.45) is 0. The second-order valence-electron chi connectivity index (χ2n) is 5.70. The monoisotopic (exact) mass is 325 g/mol. The van der Waals surface area contributed by atoms with Crippen molar-refractivity contribution in [2.75, 3.05) is 26.8 Å². The molecule has 1 saturated heterocycles. The Labute approximate surface area is 134 Å². The van der Waals surface area contributed by atoms with Gasteiger partial charge in [0.1, 0.15) is 0 Å². The molecule has 0 aromatic heterocycles. The highest BCUT2D eigenvalue weighted by molar-refractivity contribution is 6.30. The van der Waals surface area contributed by atoms with E-state index < -0.39 is 11.9 Å². The third-order valence-electron chi connectivity index (χ3n) is 4.09. The van der Waals surface area contributed by atoms with Crippen LogP contribution in [-0.4, -0.2) is 48.7 Å². The van der Waals surface area contributed by atoms with Gasteiger partial charge in [0.05, 0.1) is 18.4 Å². The molecule has 1 aliphatic rings. The number of halogens is 1. The maximum absolute atomic E-state index is 12.4. The van der Waals surface area contributed by atoms with E-state index in [0.717, 1.165) is 5.56 Å². The van der Waals surface area contributed by atoms with Crippen LogP contribution in [0.3, 0.4) is 0 Å². The lowest BCUT2D eigenvalue weighted by atomic mass is 9.89. The molecule has 0 aliphatic carbocycles. The highest BCUT2D eigenvalue weighted by atomic mass is 35.5. The van der Waals surface area contributed by atoms with Crippen LogP contribution in [0, 0.1) is 11.8 Å². The lowest BCUT2D eigenvalue weighted by molar-refractivity contribution is -0.142. The maximum atomic E-state index is 12.4. The minimum Gasteiger partial charge on any atom is -0.481 e. The predicted molar refractivity (Wildman–Crippen MR) is 82.9 cm³/mol. The van der Waals surface area contributed by atoms with Gasteiger partial charge in [-0.05, 0) is 17.7 Å². The molecular weight excluding hydrogens is 306 g/mol. The number of rotatable bonds is 5. The fourth-order valence-corrected chi connectivity index (χ4v) is 3.04. The molecule has 1 amide bonds. The van der Waals surface area contributed by atoms with Gasteiger partial charge in [0.15, 0.2) is 0 Å². The zero-order chi connectivity index (χ0) is 16.3. The number of carboxylic acid groups (broad SMARTS) is 1. The van der Waals surface area contributed by atoms with Gasteiger partial charge in [0.2, 0.25) is 5.91 Å². The minimum absolute atomic E-state index is 0.0652. The number of aliphatic carboxylic acids is 1. The van der Waals surface area contributed by atoms with Crippen LogP contribution in [0.25, 0.3) is 0 Å². The van der Waals surface area contributed by atoms with E-state index in [0.29, 0.717) is 18.2 Å². The van der Waals surface area contributed by atoms with Crippen molar-refractivity contribution in [1.29, 1.82) is 0 Å². The third kappa shape index (κ3) is 3.59. The van der Waals surface area contributed by atoms with Crippen LogP contribution < -0.4 is 0 Å². The summed E-state index contributed by atoms with van der Waals surface area (Å²) in [5.41, 5.74) is 0.895. The number of hydrogen-bond donors (Lipinski definition) is 1. The molecular formula is C16H20ClNO4. The number of nitrogens with zero attached hydrogens (tertiary/aromatic N) is 1. The van der Waals surface area contributed by atoms with Gasteiger partial charge >= 0.3 is 5.97 Å². The van der Waals surface area contributed by atoms with Crippen LogP contribution >= 0.6 is 11.6 Å². The first-order chi connectivity index (χ1) is 10.4. The third-order valence-corrected chi connectivity index (χ3v) is 4.34. The molecule has 0 saturated carbocycles. The van der Waals surface area contributed by atoms with Crippen molar-refractivity contribution in [3.8, 4) is 0 Å². The highest BCUT2D eigenvalue weighted by Gasteiger charge is 2.41. The number of ether oxygens (including phenoxy) is 1. The number of carboxylic acids is 1. The summed E-state index contributed by atoms with van der Waals surface area (Å²) >= 11 is 5.88. The van der Waals surface area contributed by atoms with Crippen molar-refractivity contribution in [3.63, 3.8) is 0 Å². The van der Waals surface area contributed by atoms with Crippen molar-refractivity contribution in [2.45, 2.75) is 12.8 Å². The van der Waals surface area contributed by atoms with Gasteiger partial charge in [-0.15, -0.1) is 0 Å². The van der Waals surface area contributed by atoms with E-state index in [1.54, 1.807) is 31.1 Å². The Morgan fingerprint density at radius 1 is 1.36 bits per heavy atom. The zero-order valence-electron chi connectivity index (χ0n) is 12.7. The van der Waals surface area contributed by atoms with Gasteiger partial charge in [-0.25, -0.2) is 0 Å².